The molecule has 6 nitrogen and oxygen atoms in total. The predicted molar refractivity (Wildman–Crippen MR) is 81.1 cm³/mol. The highest BCUT2D eigenvalue weighted by Gasteiger charge is 2.17. The molecule has 0 saturated heterocycles. The van der Waals surface area contributed by atoms with E-state index in [9.17, 15) is 4.79 Å². The number of aryl methyl sites for hydroxylation is 1. The molecule has 0 unspecified atom stereocenters. The Balaban J connectivity index is 1.72. The number of H-pyrrole nitrogens is 1. The highest BCUT2D eigenvalue weighted by atomic mass is 16.5. The van der Waals surface area contributed by atoms with Crippen LogP contribution in [0.25, 0.3) is 11.3 Å². The molecule has 0 bridgehead atoms. The molecule has 0 aliphatic rings. The Bertz CT molecular complexity index is 776. The summed E-state index contributed by atoms with van der Waals surface area (Å²) < 4.78 is 4.90. The minimum Gasteiger partial charge on any atom is -0.361 e. The third kappa shape index (κ3) is 2.90. The lowest BCUT2D eigenvalue weighted by molar-refractivity contribution is 0.0929. The van der Waals surface area contributed by atoms with Gasteiger partial charge in [-0.1, -0.05) is 35.5 Å². The van der Waals surface area contributed by atoms with Crippen molar-refractivity contribution in [3.8, 4) is 11.3 Å². The number of carbonyl (C=O) groups excluding carboxylic acids is 1. The predicted octanol–water partition coefficient (Wildman–Crippen LogP) is 2.86. The summed E-state index contributed by atoms with van der Waals surface area (Å²) in [6, 6.07) is 11.2. The zero-order valence-electron chi connectivity index (χ0n) is 12.3. The van der Waals surface area contributed by atoms with Gasteiger partial charge in [-0.15, -0.1) is 0 Å². The second kappa shape index (κ2) is 5.85. The first kappa shape index (κ1) is 14.1. The molecule has 0 spiro atoms. The van der Waals surface area contributed by atoms with Crippen LogP contribution in [-0.2, 0) is 0 Å². The maximum absolute atomic E-state index is 12.0. The van der Waals surface area contributed by atoms with E-state index in [0.717, 1.165) is 11.3 Å². The summed E-state index contributed by atoms with van der Waals surface area (Å²) in [7, 11) is 0. The van der Waals surface area contributed by atoms with Crippen LogP contribution < -0.4 is 5.32 Å². The standard InChI is InChI=1S/C16H16N4O2/c1-10-8-13(20-22-10)16(21)18-11(2)15-17-9-14(19-15)12-6-4-3-5-7-12/h3-9,11H,1-2H3,(H,17,19)(H,18,21)/t11-/m0/s1. The van der Waals surface area contributed by atoms with E-state index in [0.29, 0.717) is 11.6 Å². The van der Waals surface area contributed by atoms with E-state index in [1.165, 1.54) is 0 Å². The molecule has 0 saturated carbocycles. The van der Waals surface area contributed by atoms with Crippen LogP contribution >= 0.6 is 0 Å². The zero-order valence-corrected chi connectivity index (χ0v) is 12.3. The number of nitrogens with zero attached hydrogens (tertiary/aromatic N) is 2. The molecule has 112 valence electrons. The Morgan fingerprint density at radius 1 is 1.32 bits per heavy atom. The molecular formula is C16H16N4O2. The summed E-state index contributed by atoms with van der Waals surface area (Å²) in [6.45, 7) is 3.60. The Morgan fingerprint density at radius 2 is 2.09 bits per heavy atom. The summed E-state index contributed by atoms with van der Waals surface area (Å²) >= 11 is 0. The maximum atomic E-state index is 12.0. The van der Waals surface area contributed by atoms with Gasteiger partial charge in [0.15, 0.2) is 5.69 Å². The number of hydrogen-bond donors (Lipinski definition) is 2. The second-order valence-corrected chi connectivity index (χ2v) is 5.07. The highest BCUT2D eigenvalue weighted by molar-refractivity contribution is 5.92. The van der Waals surface area contributed by atoms with Crippen molar-refractivity contribution in [3.05, 3.63) is 59.9 Å². The molecule has 0 aliphatic carbocycles. The SMILES string of the molecule is Cc1cc(C(=O)N[C@@H](C)c2ncc(-c3ccccc3)[nH]2)no1. The van der Waals surface area contributed by atoms with Gasteiger partial charge in [0.2, 0.25) is 0 Å². The van der Waals surface area contributed by atoms with Gasteiger partial charge < -0.3 is 14.8 Å². The Morgan fingerprint density at radius 3 is 2.77 bits per heavy atom. The molecule has 22 heavy (non-hydrogen) atoms. The highest BCUT2D eigenvalue weighted by Crippen LogP contribution is 2.19. The molecule has 1 aromatic carbocycles. The van der Waals surface area contributed by atoms with E-state index < -0.39 is 0 Å². The molecule has 0 fully saturated rings. The van der Waals surface area contributed by atoms with E-state index >= 15 is 0 Å². The molecule has 0 radical (unpaired) electrons. The van der Waals surface area contributed by atoms with Gasteiger partial charge in [-0.3, -0.25) is 4.79 Å². The average molecular weight is 296 g/mol. The monoisotopic (exact) mass is 296 g/mol. The van der Waals surface area contributed by atoms with Crippen LogP contribution in [0, 0.1) is 6.92 Å². The fourth-order valence-corrected chi connectivity index (χ4v) is 2.13. The summed E-state index contributed by atoms with van der Waals surface area (Å²) in [5.41, 5.74) is 2.22. The van der Waals surface area contributed by atoms with Crippen LogP contribution in [0.1, 0.15) is 35.0 Å². The Hall–Kier alpha value is -2.89. The molecule has 3 rings (SSSR count). The van der Waals surface area contributed by atoms with Gasteiger partial charge in [-0.25, -0.2) is 4.98 Å². The van der Waals surface area contributed by atoms with Crippen molar-refractivity contribution in [2.45, 2.75) is 19.9 Å². The van der Waals surface area contributed by atoms with Gasteiger partial charge in [0.25, 0.3) is 5.91 Å². The molecule has 1 amide bonds. The largest absolute Gasteiger partial charge is 0.361 e. The van der Waals surface area contributed by atoms with Crippen molar-refractivity contribution in [3.63, 3.8) is 0 Å². The lowest BCUT2D eigenvalue weighted by Crippen LogP contribution is -2.27. The first-order valence-electron chi connectivity index (χ1n) is 6.98. The minimum atomic E-state index is -0.290. The number of hydrogen-bond acceptors (Lipinski definition) is 4. The number of benzene rings is 1. The summed E-state index contributed by atoms with van der Waals surface area (Å²) in [5.74, 6) is 0.997. The van der Waals surface area contributed by atoms with Crippen molar-refractivity contribution in [1.82, 2.24) is 20.4 Å². The van der Waals surface area contributed by atoms with Crippen LogP contribution in [0.3, 0.4) is 0 Å². The van der Waals surface area contributed by atoms with Crippen LogP contribution in [0.15, 0.2) is 47.1 Å². The molecule has 2 heterocycles. The van der Waals surface area contributed by atoms with Gasteiger partial charge in [0.05, 0.1) is 17.9 Å². The third-order valence-electron chi connectivity index (χ3n) is 3.30. The van der Waals surface area contributed by atoms with Gasteiger partial charge in [0, 0.05) is 6.07 Å². The molecular weight excluding hydrogens is 280 g/mol. The second-order valence-electron chi connectivity index (χ2n) is 5.07. The van der Waals surface area contributed by atoms with E-state index in [1.807, 2.05) is 37.3 Å². The number of imidazole rings is 1. The van der Waals surface area contributed by atoms with Crippen LogP contribution in [-0.4, -0.2) is 21.0 Å². The third-order valence-corrected chi connectivity index (χ3v) is 3.30. The number of nitrogens with one attached hydrogen (secondary N) is 2. The maximum Gasteiger partial charge on any atom is 0.274 e. The molecule has 0 aliphatic heterocycles. The van der Waals surface area contributed by atoms with Gasteiger partial charge in [-0.2, -0.15) is 0 Å². The first-order valence-corrected chi connectivity index (χ1v) is 6.98. The first-order chi connectivity index (χ1) is 10.6. The summed E-state index contributed by atoms with van der Waals surface area (Å²) in [5, 5.41) is 6.53. The molecule has 2 aromatic heterocycles. The molecule has 6 heteroatoms. The van der Waals surface area contributed by atoms with Gasteiger partial charge in [-0.05, 0) is 19.4 Å². The van der Waals surface area contributed by atoms with Crippen molar-refractivity contribution in [2.75, 3.05) is 0 Å². The lowest BCUT2D eigenvalue weighted by Gasteiger charge is -2.09. The quantitative estimate of drug-likeness (QED) is 0.775. The van der Waals surface area contributed by atoms with E-state index in [1.54, 1.807) is 19.2 Å². The van der Waals surface area contributed by atoms with Crippen LogP contribution in [0.2, 0.25) is 0 Å². The van der Waals surface area contributed by atoms with E-state index in [2.05, 4.69) is 20.4 Å². The normalized spacial score (nSPS) is 12.1. The smallest absolute Gasteiger partial charge is 0.274 e. The topological polar surface area (TPSA) is 83.8 Å². The van der Waals surface area contributed by atoms with Crippen molar-refractivity contribution in [1.29, 1.82) is 0 Å². The van der Waals surface area contributed by atoms with Crippen molar-refractivity contribution < 1.29 is 9.32 Å². The van der Waals surface area contributed by atoms with Gasteiger partial charge >= 0.3 is 0 Å². The number of carbonyl (C=O) groups is 1. The summed E-state index contributed by atoms with van der Waals surface area (Å²) in [6.07, 6.45) is 1.76. The van der Waals surface area contributed by atoms with Crippen molar-refractivity contribution >= 4 is 5.91 Å². The molecule has 1 atom stereocenters. The number of aromatic nitrogens is 3. The van der Waals surface area contributed by atoms with E-state index in [-0.39, 0.29) is 17.6 Å². The van der Waals surface area contributed by atoms with Crippen LogP contribution in [0.5, 0.6) is 0 Å². The average Bonchev–Trinajstić information content (AvgIpc) is 3.17. The number of aromatic amines is 1. The van der Waals surface area contributed by atoms with Crippen LogP contribution in [0.4, 0.5) is 0 Å². The minimum absolute atomic E-state index is 0.262. The fraction of sp³-hybridized carbons (Fsp3) is 0.188. The zero-order chi connectivity index (χ0) is 15.5. The Labute approximate surface area is 127 Å². The lowest BCUT2D eigenvalue weighted by atomic mass is 10.2. The van der Waals surface area contributed by atoms with Crippen molar-refractivity contribution in [2.24, 2.45) is 0 Å². The summed E-state index contributed by atoms with van der Waals surface area (Å²) in [4.78, 5) is 19.6. The number of amides is 1. The molecule has 3 aromatic rings. The fourth-order valence-electron chi connectivity index (χ4n) is 2.13. The van der Waals surface area contributed by atoms with Gasteiger partial charge in [0.1, 0.15) is 11.6 Å². The molecule has 2 N–H and O–H groups in total. The van der Waals surface area contributed by atoms with E-state index in [4.69, 9.17) is 4.52 Å². The Kier molecular flexibility index (Phi) is 3.74. The number of rotatable bonds is 4.